The van der Waals surface area contributed by atoms with Crippen LogP contribution in [0.1, 0.15) is 0 Å². The van der Waals surface area contributed by atoms with Gasteiger partial charge < -0.3 is 9.52 Å². The lowest BCUT2D eigenvalue weighted by molar-refractivity contribution is -0.146. The maximum absolute atomic E-state index is 11.4. The van der Waals surface area contributed by atoms with Gasteiger partial charge in [-0.3, -0.25) is 5.14 Å². The molecule has 0 fully saturated rings. The van der Waals surface area contributed by atoms with Crippen LogP contribution in [0.5, 0.6) is 5.75 Å². The molecule has 1 aromatic heterocycles. The predicted octanol–water partition coefficient (Wildman–Crippen LogP) is 0.395. The van der Waals surface area contributed by atoms with Crippen molar-refractivity contribution in [3.8, 4) is 5.75 Å². The first kappa shape index (κ1) is 9.88. The molecule has 0 aliphatic carbocycles. The van der Waals surface area contributed by atoms with E-state index in [0.29, 0.717) is 11.0 Å². The Morgan fingerprint density at radius 2 is 2.07 bits per heavy atom. The van der Waals surface area contributed by atoms with Gasteiger partial charge in [-0.15, -0.1) is 0 Å². The van der Waals surface area contributed by atoms with Gasteiger partial charge in [0.15, 0.2) is 5.75 Å². The maximum atomic E-state index is 11.4. The standard InChI is InChI=1S/C9H8N2O3S/c10-15(11)8-7(12)5-3-1-2-4-6(5)14-9(8)13/h1-4,12H,(H3,10,11)/p+1. The molecule has 0 radical (unpaired) electrons. The SMILES string of the molecule is N=S([NH3+])c1c(O)c2ccccc2oc1=O. The number of quaternary nitrogens is 1. The van der Waals surface area contributed by atoms with E-state index < -0.39 is 16.5 Å². The summed E-state index contributed by atoms with van der Waals surface area (Å²) >= 11 is 0. The third kappa shape index (κ3) is 1.53. The van der Waals surface area contributed by atoms with E-state index in [1.165, 1.54) is 0 Å². The lowest BCUT2D eigenvalue weighted by Gasteiger charge is -2.02. The number of rotatable bonds is 1. The van der Waals surface area contributed by atoms with Gasteiger partial charge in [0.1, 0.15) is 16.5 Å². The summed E-state index contributed by atoms with van der Waals surface area (Å²) in [6.07, 6.45) is 0. The molecule has 1 heterocycles. The van der Waals surface area contributed by atoms with Crippen LogP contribution in [0.15, 0.2) is 38.4 Å². The van der Waals surface area contributed by atoms with Crippen molar-refractivity contribution in [1.82, 2.24) is 0 Å². The smallest absolute Gasteiger partial charge is 0.360 e. The third-order valence-corrected chi connectivity index (χ3v) is 2.84. The van der Waals surface area contributed by atoms with Gasteiger partial charge >= 0.3 is 5.63 Å². The average Bonchev–Trinajstić information content (AvgIpc) is 2.17. The molecule has 0 aliphatic rings. The Morgan fingerprint density at radius 1 is 1.40 bits per heavy atom. The van der Waals surface area contributed by atoms with E-state index in [0.717, 1.165) is 0 Å². The zero-order chi connectivity index (χ0) is 11.0. The average molecular weight is 225 g/mol. The quantitative estimate of drug-likeness (QED) is 0.612. The monoisotopic (exact) mass is 225 g/mol. The van der Waals surface area contributed by atoms with Crippen molar-refractivity contribution in [3.05, 3.63) is 34.7 Å². The molecule has 1 unspecified atom stereocenters. The predicted molar refractivity (Wildman–Crippen MR) is 55.4 cm³/mol. The van der Waals surface area contributed by atoms with Crippen LogP contribution in [0.25, 0.3) is 11.0 Å². The molecule has 1 aromatic carbocycles. The summed E-state index contributed by atoms with van der Waals surface area (Å²) in [5.74, 6) is -0.199. The summed E-state index contributed by atoms with van der Waals surface area (Å²) < 4.78 is 12.3. The fourth-order valence-corrected chi connectivity index (χ4v) is 1.92. The van der Waals surface area contributed by atoms with Gasteiger partial charge in [0.25, 0.3) is 0 Å². The minimum absolute atomic E-state index is 0.0753. The molecule has 1 atom stereocenters. The van der Waals surface area contributed by atoms with Crippen LogP contribution in [0.4, 0.5) is 0 Å². The van der Waals surface area contributed by atoms with Gasteiger partial charge in [-0.05, 0) is 12.1 Å². The summed E-state index contributed by atoms with van der Waals surface area (Å²) in [7, 11) is -1.31. The van der Waals surface area contributed by atoms with Crippen LogP contribution in [0, 0.1) is 4.78 Å². The Morgan fingerprint density at radius 3 is 2.73 bits per heavy atom. The summed E-state index contributed by atoms with van der Waals surface area (Å²) in [6.45, 7) is 0. The van der Waals surface area contributed by atoms with E-state index >= 15 is 0 Å². The van der Waals surface area contributed by atoms with Crippen molar-refractivity contribution < 1.29 is 14.7 Å². The number of nitrogens with one attached hydrogen (secondary N) is 1. The lowest BCUT2D eigenvalue weighted by Crippen LogP contribution is -2.51. The number of hydrogen-bond donors (Lipinski definition) is 3. The van der Waals surface area contributed by atoms with Crippen molar-refractivity contribution in [2.75, 3.05) is 0 Å². The molecule has 0 amide bonds. The van der Waals surface area contributed by atoms with Crippen molar-refractivity contribution in [1.29, 1.82) is 4.78 Å². The second kappa shape index (κ2) is 3.48. The Balaban J connectivity index is 2.97. The first-order chi connectivity index (χ1) is 7.11. The van der Waals surface area contributed by atoms with E-state index in [1.807, 2.05) is 0 Å². The molecule has 5 nitrogen and oxygen atoms in total. The molecule has 0 saturated carbocycles. The second-order valence-electron chi connectivity index (χ2n) is 2.95. The molecule has 2 rings (SSSR count). The Kier molecular flexibility index (Phi) is 2.29. The summed E-state index contributed by atoms with van der Waals surface area (Å²) in [4.78, 5) is 11.3. The van der Waals surface area contributed by atoms with Crippen LogP contribution in [-0.2, 0) is 10.9 Å². The highest BCUT2D eigenvalue weighted by molar-refractivity contribution is 7.79. The first-order valence-electron chi connectivity index (χ1n) is 4.11. The van der Waals surface area contributed by atoms with Gasteiger partial charge in [-0.2, -0.15) is 0 Å². The minimum atomic E-state index is -1.31. The highest BCUT2D eigenvalue weighted by Crippen LogP contribution is 2.26. The minimum Gasteiger partial charge on any atom is -0.505 e. The molecule has 2 aromatic rings. The van der Waals surface area contributed by atoms with Gasteiger partial charge in [-0.25, -0.2) is 9.57 Å². The molecular weight excluding hydrogens is 216 g/mol. The third-order valence-electron chi connectivity index (χ3n) is 1.99. The normalized spacial score (nSPS) is 12.9. The van der Waals surface area contributed by atoms with E-state index in [-0.39, 0.29) is 10.6 Å². The Hall–Kier alpha value is -1.66. The van der Waals surface area contributed by atoms with Crippen LogP contribution in [0.2, 0.25) is 0 Å². The highest BCUT2D eigenvalue weighted by atomic mass is 32.2. The highest BCUT2D eigenvalue weighted by Gasteiger charge is 2.17. The largest absolute Gasteiger partial charge is 0.505 e. The van der Waals surface area contributed by atoms with Gasteiger partial charge in [0.2, 0.25) is 4.90 Å². The van der Waals surface area contributed by atoms with Crippen molar-refractivity contribution in [3.63, 3.8) is 0 Å². The molecule has 5 N–H and O–H groups in total. The number of benzene rings is 1. The summed E-state index contributed by atoms with van der Waals surface area (Å²) in [5.41, 5.74) is -0.381. The Bertz CT molecular complexity index is 606. The fourth-order valence-electron chi connectivity index (χ4n) is 1.33. The van der Waals surface area contributed by atoms with Crippen LogP contribution in [-0.4, -0.2) is 5.11 Å². The summed E-state index contributed by atoms with van der Waals surface area (Å²) in [6, 6.07) is 6.64. The van der Waals surface area contributed by atoms with Crippen molar-refractivity contribution >= 4 is 21.8 Å². The molecule has 0 bridgehead atoms. The first-order valence-corrected chi connectivity index (χ1v) is 5.50. The zero-order valence-corrected chi connectivity index (χ0v) is 8.50. The van der Waals surface area contributed by atoms with E-state index in [2.05, 4.69) is 5.14 Å². The van der Waals surface area contributed by atoms with Gasteiger partial charge in [-0.1, -0.05) is 12.1 Å². The van der Waals surface area contributed by atoms with Gasteiger partial charge in [0, 0.05) is 0 Å². The maximum Gasteiger partial charge on any atom is 0.360 e. The molecule has 6 heteroatoms. The lowest BCUT2D eigenvalue weighted by atomic mass is 10.2. The fraction of sp³-hybridized carbons (Fsp3) is 0. The molecular formula is C9H9N2O3S+. The summed E-state index contributed by atoms with van der Waals surface area (Å²) in [5, 5.41) is 13.6. The molecule has 0 aliphatic heterocycles. The molecule has 0 spiro atoms. The van der Waals surface area contributed by atoms with Crippen LogP contribution < -0.4 is 10.8 Å². The van der Waals surface area contributed by atoms with Crippen molar-refractivity contribution in [2.24, 2.45) is 0 Å². The number of para-hydroxylation sites is 1. The zero-order valence-electron chi connectivity index (χ0n) is 7.69. The van der Waals surface area contributed by atoms with Crippen LogP contribution in [0.3, 0.4) is 0 Å². The number of aromatic hydroxyl groups is 1. The molecule has 15 heavy (non-hydrogen) atoms. The molecule has 78 valence electrons. The second-order valence-corrected chi connectivity index (χ2v) is 4.14. The van der Waals surface area contributed by atoms with E-state index in [4.69, 9.17) is 9.20 Å². The number of fused-ring (bicyclic) bond motifs is 1. The molecule has 0 saturated heterocycles. The van der Waals surface area contributed by atoms with Crippen molar-refractivity contribution in [2.45, 2.75) is 4.90 Å². The number of hydrogen-bond acceptors (Lipinski definition) is 4. The van der Waals surface area contributed by atoms with E-state index in [9.17, 15) is 9.90 Å². The van der Waals surface area contributed by atoms with E-state index in [1.54, 1.807) is 24.3 Å². The topological polar surface area (TPSA) is 102 Å². The Labute approximate surface area is 87.2 Å². The van der Waals surface area contributed by atoms with Gasteiger partial charge in [0.05, 0.1) is 5.39 Å². The van der Waals surface area contributed by atoms with Crippen LogP contribution >= 0.6 is 0 Å².